The third-order valence-corrected chi connectivity index (χ3v) is 2.09. The van der Waals surface area contributed by atoms with Gasteiger partial charge in [-0.2, -0.15) is 0 Å². The van der Waals surface area contributed by atoms with Crippen molar-refractivity contribution in [3.05, 3.63) is 17.5 Å². The first kappa shape index (κ1) is 6.82. The van der Waals surface area contributed by atoms with Crippen molar-refractivity contribution in [2.75, 3.05) is 13.1 Å². The van der Waals surface area contributed by atoms with Crippen molar-refractivity contribution in [1.29, 1.82) is 0 Å². The molecule has 2 rings (SSSR count). The first-order valence-corrected chi connectivity index (χ1v) is 3.57. The van der Waals surface area contributed by atoms with Crippen LogP contribution < -0.4 is 5.32 Å². The van der Waals surface area contributed by atoms with Crippen molar-refractivity contribution in [3.8, 4) is 0 Å². The molecule has 4 heteroatoms. The van der Waals surface area contributed by atoms with Gasteiger partial charge in [-0.25, -0.2) is 0 Å². The van der Waals surface area contributed by atoms with Crippen LogP contribution in [-0.4, -0.2) is 23.4 Å². The van der Waals surface area contributed by atoms with E-state index in [-0.39, 0.29) is 0 Å². The molecule has 4 nitrogen and oxygen atoms in total. The number of rotatable bonds is 1. The Morgan fingerprint density at radius 2 is 2.45 bits per heavy atom. The number of aryl methyl sites for hydroxylation is 1. The number of hydrogen-bond acceptors (Lipinski definition) is 4. The molecule has 0 amide bonds. The molecule has 0 bridgehead atoms. The van der Waals surface area contributed by atoms with Gasteiger partial charge in [0, 0.05) is 18.7 Å². The molecule has 0 spiro atoms. The fourth-order valence-electron chi connectivity index (χ4n) is 1.30. The van der Waals surface area contributed by atoms with Gasteiger partial charge in [0.2, 0.25) is 0 Å². The van der Waals surface area contributed by atoms with Crippen LogP contribution in [0.15, 0.2) is 10.7 Å². The molecule has 1 saturated heterocycles. The van der Waals surface area contributed by atoms with E-state index < -0.39 is 5.60 Å². The zero-order chi connectivity index (χ0) is 7.90. The Kier molecular flexibility index (Phi) is 1.27. The molecule has 60 valence electrons. The fraction of sp³-hybridized carbons (Fsp3) is 0.571. The highest BCUT2D eigenvalue weighted by Gasteiger charge is 2.38. The molecule has 2 N–H and O–H groups in total. The van der Waals surface area contributed by atoms with Gasteiger partial charge in [0.05, 0.1) is 6.20 Å². The summed E-state index contributed by atoms with van der Waals surface area (Å²) < 4.78 is 4.85. The second kappa shape index (κ2) is 2.06. The Morgan fingerprint density at radius 1 is 1.73 bits per heavy atom. The lowest BCUT2D eigenvalue weighted by molar-refractivity contribution is -0.0158. The van der Waals surface area contributed by atoms with Gasteiger partial charge in [-0.3, -0.25) is 0 Å². The van der Waals surface area contributed by atoms with Crippen LogP contribution in [0.3, 0.4) is 0 Å². The van der Waals surface area contributed by atoms with Crippen LogP contribution in [0.2, 0.25) is 0 Å². The number of hydrogen-bond donors (Lipinski definition) is 2. The first-order chi connectivity index (χ1) is 5.22. The number of nitrogens with zero attached hydrogens (tertiary/aromatic N) is 1. The highest BCUT2D eigenvalue weighted by atomic mass is 16.5. The van der Waals surface area contributed by atoms with E-state index in [1.807, 2.05) is 0 Å². The van der Waals surface area contributed by atoms with Crippen molar-refractivity contribution in [2.45, 2.75) is 12.5 Å². The normalized spacial score (nSPS) is 21.3. The summed E-state index contributed by atoms with van der Waals surface area (Å²) in [5.74, 6) is 0.703. The number of β-amino-alcohol motifs (C(OH)–C–C–N with tert-alkyl or cyclic N) is 1. The zero-order valence-electron chi connectivity index (χ0n) is 6.29. The first-order valence-electron chi connectivity index (χ1n) is 3.57. The number of nitrogens with one attached hydrogen (secondary N) is 1. The molecule has 0 saturated carbocycles. The van der Waals surface area contributed by atoms with Crippen molar-refractivity contribution in [1.82, 2.24) is 10.5 Å². The highest BCUT2D eigenvalue weighted by molar-refractivity contribution is 5.24. The Balaban J connectivity index is 2.35. The molecule has 1 aromatic heterocycles. The lowest BCUT2D eigenvalue weighted by Crippen LogP contribution is -2.56. The Hall–Kier alpha value is -0.870. The molecule has 2 heterocycles. The molecule has 11 heavy (non-hydrogen) atoms. The van der Waals surface area contributed by atoms with E-state index >= 15 is 0 Å². The topological polar surface area (TPSA) is 58.3 Å². The quantitative estimate of drug-likeness (QED) is 0.586. The van der Waals surface area contributed by atoms with Crippen LogP contribution in [0.5, 0.6) is 0 Å². The molecule has 1 aliphatic heterocycles. The lowest BCUT2D eigenvalue weighted by Gasteiger charge is -2.36. The molecule has 0 aromatic carbocycles. The number of aliphatic hydroxyl groups is 1. The Bertz CT molecular complexity index is 265. The monoisotopic (exact) mass is 154 g/mol. The number of aromatic nitrogens is 1. The molecule has 1 aliphatic rings. The summed E-state index contributed by atoms with van der Waals surface area (Å²) in [6, 6.07) is 0. The van der Waals surface area contributed by atoms with Gasteiger partial charge in [-0.05, 0) is 6.92 Å². The standard InChI is InChI=1S/C7H10N2O2/c1-5-6(2-9-11-5)7(10)3-8-4-7/h2,8,10H,3-4H2,1H3. The van der Waals surface area contributed by atoms with Gasteiger partial charge >= 0.3 is 0 Å². The Labute approximate surface area is 64.2 Å². The van der Waals surface area contributed by atoms with Crippen molar-refractivity contribution in [3.63, 3.8) is 0 Å². The van der Waals surface area contributed by atoms with Gasteiger partial charge in [-0.15, -0.1) is 0 Å². The maximum atomic E-state index is 9.79. The van der Waals surface area contributed by atoms with Crippen LogP contribution in [0.25, 0.3) is 0 Å². The molecule has 0 aliphatic carbocycles. The molecular formula is C7H10N2O2. The summed E-state index contributed by atoms with van der Waals surface area (Å²) >= 11 is 0. The van der Waals surface area contributed by atoms with Crippen LogP contribution in [0.4, 0.5) is 0 Å². The Morgan fingerprint density at radius 3 is 2.82 bits per heavy atom. The molecule has 0 unspecified atom stereocenters. The van der Waals surface area contributed by atoms with E-state index in [4.69, 9.17) is 4.52 Å². The van der Waals surface area contributed by atoms with E-state index in [9.17, 15) is 5.11 Å². The molecule has 0 atom stereocenters. The third-order valence-electron chi connectivity index (χ3n) is 2.09. The minimum Gasteiger partial charge on any atom is -0.382 e. The lowest BCUT2D eigenvalue weighted by atomic mass is 9.89. The average Bonchev–Trinajstić information content (AvgIpc) is 2.30. The largest absolute Gasteiger partial charge is 0.382 e. The second-order valence-corrected chi connectivity index (χ2v) is 2.93. The summed E-state index contributed by atoms with van der Waals surface area (Å²) in [6.07, 6.45) is 1.58. The molecular weight excluding hydrogens is 144 g/mol. The minimum absolute atomic E-state index is 0.592. The van der Waals surface area contributed by atoms with Crippen molar-refractivity contribution in [2.24, 2.45) is 0 Å². The van der Waals surface area contributed by atoms with Gasteiger partial charge in [0.15, 0.2) is 0 Å². The van der Waals surface area contributed by atoms with Crippen LogP contribution in [0, 0.1) is 6.92 Å². The van der Waals surface area contributed by atoms with Crippen LogP contribution >= 0.6 is 0 Å². The highest BCUT2D eigenvalue weighted by Crippen LogP contribution is 2.27. The zero-order valence-corrected chi connectivity index (χ0v) is 6.29. The van der Waals surface area contributed by atoms with Gasteiger partial charge in [-0.1, -0.05) is 5.16 Å². The predicted octanol–water partition coefficient (Wildman–Crippen LogP) is -0.226. The average molecular weight is 154 g/mol. The molecule has 1 fully saturated rings. The van der Waals surface area contributed by atoms with Crippen molar-refractivity contribution < 1.29 is 9.63 Å². The van der Waals surface area contributed by atoms with Gasteiger partial charge < -0.3 is 14.9 Å². The minimum atomic E-state index is -0.732. The smallest absolute Gasteiger partial charge is 0.139 e. The molecule has 0 radical (unpaired) electrons. The summed E-state index contributed by atoms with van der Waals surface area (Å²) in [5, 5.41) is 16.4. The fourth-order valence-corrected chi connectivity index (χ4v) is 1.30. The summed E-state index contributed by atoms with van der Waals surface area (Å²) in [6.45, 7) is 2.99. The maximum Gasteiger partial charge on any atom is 0.139 e. The van der Waals surface area contributed by atoms with Gasteiger partial charge in [0.1, 0.15) is 11.4 Å². The molecule has 1 aromatic rings. The van der Waals surface area contributed by atoms with E-state index in [0.717, 1.165) is 5.56 Å². The second-order valence-electron chi connectivity index (χ2n) is 2.93. The summed E-state index contributed by atoms with van der Waals surface area (Å²) in [5.41, 5.74) is 0.0700. The maximum absolute atomic E-state index is 9.79. The van der Waals surface area contributed by atoms with E-state index in [0.29, 0.717) is 18.8 Å². The van der Waals surface area contributed by atoms with E-state index in [1.54, 1.807) is 13.1 Å². The summed E-state index contributed by atoms with van der Waals surface area (Å²) in [7, 11) is 0. The summed E-state index contributed by atoms with van der Waals surface area (Å²) in [4.78, 5) is 0. The predicted molar refractivity (Wildman–Crippen MR) is 38.0 cm³/mol. The van der Waals surface area contributed by atoms with Crippen LogP contribution in [-0.2, 0) is 5.60 Å². The van der Waals surface area contributed by atoms with Crippen LogP contribution in [0.1, 0.15) is 11.3 Å². The SMILES string of the molecule is Cc1oncc1C1(O)CNC1. The van der Waals surface area contributed by atoms with E-state index in [1.165, 1.54) is 0 Å². The van der Waals surface area contributed by atoms with E-state index in [2.05, 4.69) is 10.5 Å². The van der Waals surface area contributed by atoms with Crippen molar-refractivity contribution >= 4 is 0 Å². The third kappa shape index (κ3) is 0.868. The van der Waals surface area contributed by atoms with Gasteiger partial charge in [0.25, 0.3) is 0 Å².